The van der Waals surface area contributed by atoms with Crippen molar-refractivity contribution in [1.82, 2.24) is 4.31 Å². The molecule has 28 heavy (non-hydrogen) atoms. The molecule has 2 aromatic carbocycles. The van der Waals surface area contributed by atoms with Crippen LogP contribution in [0.5, 0.6) is 0 Å². The van der Waals surface area contributed by atoms with Gasteiger partial charge in [-0.3, -0.25) is 4.79 Å². The molecular formula is C21H26N2O3S2. The number of nitrogens with zero attached hydrogens (tertiary/aromatic N) is 1. The summed E-state index contributed by atoms with van der Waals surface area (Å²) in [6.45, 7) is 5.04. The van der Waals surface area contributed by atoms with E-state index in [1.54, 1.807) is 28.6 Å². The first-order valence-electron chi connectivity index (χ1n) is 9.51. The number of nitrogens with one attached hydrogen (secondary N) is 1. The number of rotatable bonds is 6. The Hall–Kier alpha value is -1.83. The van der Waals surface area contributed by atoms with Crippen LogP contribution in [0.15, 0.2) is 58.3 Å². The zero-order chi connectivity index (χ0) is 20.1. The van der Waals surface area contributed by atoms with Gasteiger partial charge in [0.05, 0.1) is 10.1 Å². The lowest BCUT2D eigenvalue weighted by Crippen LogP contribution is -2.35. The molecule has 1 amide bonds. The van der Waals surface area contributed by atoms with E-state index >= 15 is 0 Å². The van der Waals surface area contributed by atoms with E-state index in [1.165, 1.54) is 11.8 Å². The Balaban J connectivity index is 1.63. The van der Waals surface area contributed by atoms with E-state index in [0.29, 0.717) is 18.8 Å². The van der Waals surface area contributed by atoms with Crippen LogP contribution in [0.1, 0.15) is 31.7 Å². The molecule has 0 radical (unpaired) electrons. The SMILES string of the molecule is Cc1ccccc1SC(C)C(=O)Nc1ccc(S(=O)(=O)N2CCCCC2)cc1. The van der Waals surface area contributed by atoms with Gasteiger partial charge in [0.25, 0.3) is 0 Å². The van der Waals surface area contributed by atoms with Crippen LogP contribution < -0.4 is 5.32 Å². The third kappa shape index (κ3) is 4.96. The van der Waals surface area contributed by atoms with E-state index in [0.717, 1.165) is 29.7 Å². The molecule has 1 atom stereocenters. The molecule has 2 aromatic rings. The second-order valence-electron chi connectivity index (χ2n) is 7.00. The Bertz CT molecular complexity index is 921. The summed E-state index contributed by atoms with van der Waals surface area (Å²) < 4.78 is 26.9. The fourth-order valence-electron chi connectivity index (χ4n) is 3.14. The van der Waals surface area contributed by atoms with Crippen LogP contribution >= 0.6 is 11.8 Å². The van der Waals surface area contributed by atoms with E-state index in [2.05, 4.69) is 5.32 Å². The number of carbonyl (C=O) groups is 1. The van der Waals surface area contributed by atoms with Crippen molar-refractivity contribution in [3.05, 3.63) is 54.1 Å². The van der Waals surface area contributed by atoms with Gasteiger partial charge in [-0.15, -0.1) is 11.8 Å². The number of carbonyl (C=O) groups excluding carboxylic acids is 1. The highest BCUT2D eigenvalue weighted by molar-refractivity contribution is 8.00. The molecule has 1 fully saturated rings. The first-order chi connectivity index (χ1) is 13.4. The van der Waals surface area contributed by atoms with Gasteiger partial charge in [0.15, 0.2) is 0 Å². The average Bonchev–Trinajstić information content (AvgIpc) is 2.70. The van der Waals surface area contributed by atoms with E-state index in [9.17, 15) is 13.2 Å². The minimum Gasteiger partial charge on any atom is -0.325 e. The predicted octanol–water partition coefficient (Wildman–Crippen LogP) is 4.29. The molecule has 0 aliphatic carbocycles. The van der Waals surface area contributed by atoms with Gasteiger partial charge < -0.3 is 5.32 Å². The fourth-order valence-corrected chi connectivity index (χ4v) is 5.62. The summed E-state index contributed by atoms with van der Waals surface area (Å²) in [7, 11) is -3.45. The number of amides is 1. The molecule has 3 rings (SSSR count). The molecule has 1 aliphatic heterocycles. The number of hydrogen-bond donors (Lipinski definition) is 1. The van der Waals surface area contributed by atoms with Gasteiger partial charge >= 0.3 is 0 Å². The molecule has 1 saturated heterocycles. The lowest BCUT2D eigenvalue weighted by atomic mass is 10.2. The first-order valence-corrected chi connectivity index (χ1v) is 11.8. The molecule has 1 unspecified atom stereocenters. The van der Waals surface area contributed by atoms with Gasteiger partial charge in [-0.25, -0.2) is 8.42 Å². The highest BCUT2D eigenvalue weighted by Crippen LogP contribution is 2.27. The van der Waals surface area contributed by atoms with Gasteiger partial charge in [0.2, 0.25) is 15.9 Å². The number of thioether (sulfide) groups is 1. The van der Waals surface area contributed by atoms with Crippen LogP contribution in [-0.2, 0) is 14.8 Å². The molecule has 1 aliphatic rings. The second kappa shape index (κ2) is 9.11. The number of anilines is 1. The Kier molecular flexibility index (Phi) is 6.80. The maximum Gasteiger partial charge on any atom is 0.243 e. The Morgan fingerprint density at radius 1 is 1.04 bits per heavy atom. The molecule has 0 bridgehead atoms. The van der Waals surface area contributed by atoms with Crippen LogP contribution in [0, 0.1) is 6.92 Å². The summed E-state index contributed by atoms with van der Waals surface area (Å²) in [6, 6.07) is 14.4. The van der Waals surface area contributed by atoms with Gasteiger partial charge in [-0.2, -0.15) is 4.31 Å². The Morgan fingerprint density at radius 2 is 1.68 bits per heavy atom. The van der Waals surface area contributed by atoms with Gasteiger partial charge in [-0.1, -0.05) is 24.6 Å². The topological polar surface area (TPSA) is 66.5 Å². The second-order valence-corrected chi connectivity index (χ2v) is 10.3. The third-order valence-electron chi connectivity index (χ3n) is 4.84. The molecule has 1 heterocycles. The molecule has 0 aromatic heterocycles. The van der Waals surface area contributed by atoms with Crippen LogP contribution in [0.4, 0.5) is 5.69 Å². The first kappa shape index (κ1) is 20.9. The molecule has 1 N–H and O–H groups in total. The van der Waals surface area contributed by atoms with Gasteiger partial charge in [0, 0.05) is 23.7 Å². The highest BCUT2D eigenvalue weighted by atomic mass is 32.2. The monoisotopic (exact) mass is 418 g/mol. The summed E-state index contributed by atoms with van der Waals surface area (Å²) in [5, 5.41) is 2.61. The van der Waals surface area contributed by atoms with E-state index < -0.39 is 10.0 Å². The number of benzene rings is 2. The Labute approximate surface area is 171 Å². The number of piperidine rings is 1. The summed E-state index contributed by atoms with van der Waals surface area (Å²) in [4.78, 5) is 13.8. The summed E-state index contributed by atoms with van der Waals surface area (Å²) in [5.74, 6) is -0.111. The fraction of sp³-hybridized carbons (Fsp3) is 0.381. The molecule has 7 heteroatoms. The third-order valence-corrected chi connectivity index (χ3v) is 8.03. The standard InChI is InChI=1S/C21H26N2O3S2/c1-16-8-4-5-9-20(16)27-17(2)21(24)22-18-10-12-19(13-11-18)28(25,26)23-14-6-3-7-15-23/h4-5,8-13,17H,3,6-7,14-15H2,1-2H3,(H,22,24). The van der Waals surface area contributed by atoms with E-state index in [4.69, 9.17) is 0 Å². The van der Waals surface area contributed by atoms with Crippen LogP contribution in [0.2, 0.25) is 0 Å². The number of aryl methyl sites for hydroxylation is 1. The van der Waals surface area contributed by atoms with Gasteiger partial charge in [-0.05, 0) is 62.6 Å². The normalized spacial score (nSPS) is 16.5. The van der Waals surface area contributed by atoms with Crippen molar-refractivity contribution < 1.29 is 13.2 Å². The van der Waals surface area contributed by atoms with Crippen molar-refractivity contribution >= 4 is 33.4 Å². The van der Waals surface area contributed by atoms with Crippen LogP contribution in [0.3, 0.4) is 0 Å². The van der Waals surface area contributed by atoms with Crippen molar-refractivity contribution in [1.29, 1.82) is 0 Å². The summed E-state index contributed by atoms with van der Waals surface area (Å²) >= 11 is 1.51. The van der Waals surface area contributed by atoms with Crippen molar-refractivity contribution in [2.75, 3.05) is 18.4 Å². The maximum absolute atomic E-state index is 12.7. The van der Waals surface area contributed by atoms with E-state index in [1.807, 2.05) is 38.1 Å². The number of sulfonamides is 1. The minimum atomic E-state index is -3.45. The minimum absolute atomic E-state index is 0.111. The number of hydrogen-bond acceptors (Lipinski definition) is 4. The van der Waals surface area contributed by atoms with E-state index in [-0.39, 0.29) is 16.1 Å². The summed E-state index contributed by atoms with van der Waals surface area (Å²) in [6.07, 6.45) is 2.89. The lowest BCUT2D eigenvalue weighted by Gasteiger charge is -2.25. The predicted molar refractivity (Wildman–Crippen MR) is 114 cm³/mol. The van der Waals surface area contributed by atoms with Crippen molar-refractivity contribution in [2.45, 2.75) is 48.2 Å². The zero-order valence-electron chi connectivity index (χ0n) is 16.2. The quantitative estimate of drug-likeness (QED) is 0.711. The van der Waals surface area contributed by atoms with Gasteiger partial charge in [0.1, 0.15) is 0 Å². The van der Waals surface area contributed by atoms with Crippen LogP contribution in [0.25, 0.3) is 0 Å². The van der Waals surface area contributed by atoms with Crippen molar-refractivity contribution in [3.8, 4) is 0 Å². The van der Waals surface area contributed by atoms with Crippen molar-refractivity contribution in [3.63, 3.8) is 0 Å². The lowest BCUT2D eigenvalue weighted by molar-refractivity contribution is -0.115. The average molecular weight is 419 g/mol. The van der Waals surface area contributed by atoms with Crippen molar-refractivity contribution in [2.24, 2.45) is 0 Å². The molecular weight excluding hydrogens is 392 g/mol. The highest BCUT2D eigenvalue weighted by Gasteiger charge is 2.25. The Morgan fingerprint density at radius 3 is 2.32 bits per heavy atom. The zero-order valence-corrected chi connectivity index (χ0v) is 17.9. The molecule has 0 spiro atoms. The maximum atomic E-state index is 12.7. The molecule has 150 valence electrons. The smallest absolute Gasteiger partial charge is 0.243 e. The summed E-state index contributed by atoms with van der Waals surface area (Å²) in [5.41, 5.74) is 1.74. The molecule has 0 saturated carbocycles. The van der Waals surface area contributed by atoms with Crippen LogP contribution in [-0.4, -0.2) is 37.0 Å². The largest absolute Gasteiger partial charge is 0.325 e. The molecule has 5 nitrogen and oxygen atoms in total.